The van der Waals surface area contributed by atoms with Crippen molar-refractivity contribution in [1.29, 1.82) is 0 Å². The van der Waals surface area contributed by atoms with Gasteiger partial charge in [-0.2, -0.15) is 0 Å². The molecule has 0 unspecified atom stereocenters. The molecule has 0 spiro atoms. The van der Waals surface area contributed by atoms with Gasteiger partial charge in [0, 0.05) is 26.1 Å². The summed E-state index contributed by atoms with van der Waals surface area (Å²) in [5.41, 5.74) is 1.13. The highest BCUT2D eigenvalue weighted by Gasteiger charge is 2.33. The molecule has 1 aliphatic heterocycles. The second-order valence-electron chi connectivity index (χ2n) is 5.10. The first-order chi connectivity index (χ1) is 10.1. The van der Waals surface area contributed by atoms with Gasteiger partial charge in [-0.25, -0.2) is 0 Å². The molecule has 1 aliphatic rings. The number of methoxy groups -OCH3 is 1. The highest BCUT2D eigenvalue weighted by atomic mass is 16.5. The molecule has 0 N–H and O–H groups in total. The first kappa shape index (κ1) is 15.5. The maximum atomic E-state index is 11.8. The van der Waals surface area contributed by atoms with Crippen molar-refractivity contribution in [3.8, 4) is 5.75 Å². The van der Waals surface area contributed by atoms with E-state index in [0.29, 0.717) is 32.7 Å². The quantitative estimate of drug-likeness (QED) is 0.610. The van der Waals surface area contributed by atoms with Crippen LogP contribution in [0.4, 0.5) is 0 Å². The Hall–Kier alpha value is -1.88. The van der Waals surface area contributed by atoms with Gasteiger partial charge in [0.2, 0.25) is 0 Å². The number of esters is 1. The Kier molecular flexibility index (Phi) is 5.33. The van der Waals surface area contributed by atoms with Crippen LogP contribution in [0.3, 0.4) is 0 Å². The zero-order valence-corrected chi connectivity index (χ0v) is 12.5. The van der Waals surface area contributed by atoms with Crippen molar-refractivity contribution in [2.75, 3.05) is 26.8 Å². The van der Waals surface area contributed by atoms with Crippen LogP contribution in [0.25, 0.3) is 0 Å². The number of hydrogen-bond acceptors (Lipinski definition) is 5. The number of nitrogens with zero attached hydrogens (tertiary/aromatic N) is 1. The van der Waals surface area contributed by atoms with Crippen molar-refractivity contribution in [1.82, 2.24) is 4.90 Å². The van der Waals surface area contributed by atoms with Crippen LogP contribution in [0.15, 0.2) is 24.3 Å². The van der Waals surface area contributed by atoms with E-state index in [1.165, 1.54) is 0 Å². The van der Waals surface area contributed by atoms with Gasteiger partial charge in [-0.1, -0.05) is 12.1 Å². The molecule has 0 saturated carbocycles. The molecular weight excluding hydrogens is 270 g/mol. The van der Waals surface area contributed by atoms with Gasteiger partial charge < -0.3 is 9.47 Å². The van der Waals surface area contributed by atoms with E-state index in [4.69, 9.17) is 9.47 Å². The SMILES string of the molecule is CCOC(=O)[C@@H]1CN(Cc2ccc(OC)cc2)CCC1=O. The number of rotatable bonds is 5. The van der Waals surface area contributed by atoms with E-state index in [9.17, 15) is 9.59 Å². The smallest absolute Gasteiger partial charge is 0.317 e. The molecule has 0 aromatic heterocycles. The third-order valence-electron chi connectivity index (χ3n) is 3.64. The van der Waals surface area contributed by atoms with Crippen molar-refractivity contribution >= 4 is 11.8 Å². The largest absolute Gasteiger partial charge is 0.497 e. The zero-order chi connectivity index (χ0) is 15.2. The van der Waals surface area contributed by atoms with E-state index < -0.39 is 11.9 Å². The van der Waals surface area contributed by atoms with Gasteiger partial charge in [0.05, 0.1) is 13.7 Å². The molecule has 0 radical (unpaired) electrons. The van der Waals surface area contributed by atoms with Crippen LogP contribution in [0, 0.1) is 5.92 Å². The third-order valence-corrected chi connectivity index (χ3v) is 3.64. The van der Waals surface area contributed by atoms with Crippen LogP contribution in [0.1, 0.15) is 18.9 Å². The number of hydrogen-bond donors (Lipinski definition) is 0. The lowest BCUT2D eigenvalue weighted by Gasteiger charge is -2.30. The summed E-state index contributed by atoms with van der Waals surface area (Å²) in [5, 5.41) is 0. The van der Waals surface area contributed by atoms with Gasteiger partial charge in [-0.15, -0.1) is 0 Å². The Balaban J connectivity index is 1.97. The summed E-state index contributed by atoms with van der Waals surface area (Å²) in [7, 11) is 1.63. The Labute approximate surface area is 124 Å². The van der Waals surface area contributed by atoms with Crippen LogP contribution in [-0.2, 0) is 20.9 Å². The molecule has 1 fully saturated rings. The van der Waals surface area contributed by atoms with E-state index in [0.717, 1.165) is 11.3 Å². The molecular formula is C16H21NO4. The fourth-order valence-corrected chi connectivity index (χ4v) is 2.48. The van der Waals surface area contributed by atoms with Crippen molar-refractivity contribution in [3.63, 3.8) is 0 Å². The summed E-state index contributed by atoms with van der Waals surface area (Å²) in [4.78, 5) is 25.8. The topological polar surface area (TPSA) is 55.8 Å². The summed E-state index contributed by atoms with van der Waals surface area (Å²) in [6, 6.07) is 7.81. The molecule has 2 rings (SSSR count). The fraction of sp³-hybridized carbons (Fsp3) is 0.500. The highest BCUT2D eigenvalue weighted by Crippen LogP contribution is 2.18. The number of carbonyl (C=O) groups is 2. The number of Topliss-reactive ketones (excluding diaryl/α,β-unsaturated/α-hetero) is 1. The molecule has 5 heteroatoms. The van der Waals surface area contributed by atoms with Crippen molar-refractivity contribution in [3.05, 3.63) is 29.8 Å². The van der Waals surface area contributed by atoms with Gasteiger partial charge >= 0.3 is 5.97 Å². The minimum absolute atomic E-state index is 0.0144. The van der Waals surface area contributed by atoms with Gasteiger partial charge in [0.15, 0.2) is 0 Å². The minimum atomic E-state index is -0.642. The number of likely N-dealkylation sites (tertiary alicyclic amines) is 1. The van der Waals surface area contributed by atoms with Crippen molar-refractivity contribution in [2.24, 2.45) is 5.92 Å². The molecule has 0 aliphatic carbocycles. The molecule has 1 aromatic rings. The number of ketones is 1. The van der Waals surface area contributed by atoms with Crippen LogP contribution < -0.4 is 4.74 Å². The number of piperidine rings is 1. The molecule has 1 saturated heterocycles. The molecule has 1 aromatic carbocycles. The Morgan fingerprint density at radius 1 is 1.33 bits per heavy atom. The monoisotopic (exact) mass is 291 g/mol. The first-order valence-corrected chi connectivity index (χ1v) is 7.18. The van der Waals surface area contributed by atoms with Crippen LogP contribution in [0.5, 0.6) is 5.75 Å². The molecule has 0 bridgehead atoms. The molecule has 0 amide bonds. The van der Waals surface area contributed by atoms with Crippen molar-refractivity contribution < 1.29 is 19.1 Å². The lowest BCUT2D eigenvalue weighted by molar-refractivity contribution is -0.154. The Morgan fingerprint density at radius 3 is 2.67 bits per heavy atom. The summed E-state index contributed by atoms with van der Waals surface area (Å²) in [5.74, 6) is -0.240. The number of ether oxygens (including phenoxy) is 2. The van der Waals surface area contributed by atoms with Gasteiger partial charge in [-0.3, -0.25) is 14.5 Å². The minimum Gasteiger partial charge on any atom is -0.497 e. The van der Waals surface area contributed by atoms with Crippen LogP contribution in [-0.4, -0.2) is 43.5 Å². The molecule has 1 heterocycles. The average molecular weight is 291 g/mol. The normalized spacial score (nSPS) is 19.3. The third kappa shape index (κ3) is 4.04. The van der Waals surface area contributed by atoms with E-state index in [2.05, 4.69) is 4.90 Å². The standard InChI is InChI=1S/C16H21NO4/c1-3-21-16(19)14-11-17(9-8-15(14)18)10-12-4-6-13(20-2)7-5-12/h4-7,14H,3,8-11H2,1-2H3/t14-/m1/s1. The fourth-order valence-electron chi connectivity index (χ4n) is 2.48. The van der Waals surface area contributed by atoms with E-state index in [1.807, 2.05) is 24.3 Å². The van der Waals surface area contributed by atoms with E-state index in [-0.39, 0.29) is 5.78 Å². The Morgan fingerprint density at radius 2 is 2.05 bits per heavy atom. The predicted octanol–water partition coefficient (Wildman–Crippen LogP) is 1.65. The van der Waals surface area contributed by atoms with Gasteiger partial charge in [-0.05, 0) is 24.6 Å². The van der Waals surface area contributed by atoms with Gasteiger partial charge in [0.1, 0.15) is 17.5 Å². The maximum Gasteiger partial charge on any atom is 0.317 e. The molecule has 21 heavy (non-hydrogen) atoms. The zero-order valence-electron chi connectivity index (χ0n) is 12.5. The highest BCUT2D eigenvalue weighted by molar-refractivity contribution is 5.99. The molecule has 114 valence electrons. The maximum absolute atomic E-state index is 11.8. The summed E-state index contributed by atoms with van der Waals surface area (Å²) >= 11 is 0. The van der Waals surface area contributed by atoms with Crippen LogP contribution in [0.2, 0.25) is 0 Å². The second-order valence-corrected chi connectivity index (χ2v) is 5.10. The van der Waals surface area contributed by atoms with E-state index in [1.54, 1.807) is 14.0 Å². The first-order valence-electron chi connectivity index (χ1n) is 7.18. The Bertz CT molecular complexity index is 498. The lowest BCUT2D eigenvalue weighted by atomic mass is 9.96. The molecule has 1 atom stereocenters. The molecule has 5 nitrogen and oxygen atoms in total. The predicted molar refractivity (Wildman–Crippen MR) is 78.0 cm³/mol. The number of benzene rings is 1. The second kappa shape index (κ2) is 7.22. The van der Waals surface area contributed by atoms with E-state index >= 15 is 0 Å². The summed E-state index contributed by atoms with van der Waals surface area (Å²) in [6.45, 7) is 3.89. The number of carbonyl (C=O) groups excluding carboxylic acids is 2. The lowest BCUT2D eigenvalue weighted by Crippen LogP contribution is -2.44. The summed E-state index contributed by atoms with van der Waals surface area (Å²) < 4.78 is 10.1. The van der Waals surface area contributed by atoms with Gasteiger partial charge in [0.25, 0.3) is 0 Å². The summed E-state index contributed by atoms with van der Waals surface area (Å²) in [6.07, 6.45) is 0.402. The average Bonchev–Trinajstić information content (AvgIpc) is 2.50. The van der Waals surface area contributed by atoms with Crippen LogP contribution >= 0.6 is 0 Å². The van der Waals surface area contributed by atoms with Crippen molar-refractivity contribution in [2.45, 2.75) is 19.9 Å².